The zero-order valence-electron chi connectivity index (χ0n) is 5.61. The van der Waals surface area contributed by atoms with Crippen LogP contribution in [0.3, 0.4) is 0 Å². The van der Waals surface area contributed by atoms with Gasteiger partial charge in [0.05, 0.1) is 0 Å². The first-order valence-corrected chi connectivity index (χ1v) is 2.72. The normalized spacial score (nSPS) is 9.64. The van der Waals surface area contributed by atoms with Gasteiger partial charge in [0.25, 0.3) is 5.56 Å². The van der Waals surface area contributed by atoms with E-state index in [0.717, 1.165) is 0 Å². The van der Waals surface area contributed by atoms with E-state index >= 15 is 0 Å². The van der Waals surface area contributed by atoms with Crippen LogP contribution < -0.4 is 16.7 Å². The van der Waals surface area contributed by atoms with Gasteiger partial charge in [-0.3, -0.25) is 4.79 Å². The maximum Gasteiger partial charge on any atom is 0.395 e. The number of halogens is 1. The van der Waals surface area contributed by atoms with Gasteiger partial charge in [0.2, 0.25) is 0 Å². The van der Waals surface area contributed by atoms with Gasteiger partial charge in [-0.1, -0.05) is 4.48 Å². The van der Waals surface area contributed by atoms with Crippen molar-refractivity contribution >= 4 is 0 Å². The van der Waals surface area contributed by atoms with Crippen LogP contribution in [0, 0.1) is 0 Å². The lowest BCUT2D eigenvalue weighted by atomic mass is 10.8. The van der Waals surface area contributed by atoms with Gasteiger partial charge in [-0.25, -0.2) is 4.79 Å². The molecule has 0 amide bonds. The minimum absolute atomic E-state index is 0.433. The van der Waals surface area contributed by atoms with Crippen molar-refractivity contribution in [2.45, 2.75) is 0 Å². The molecule has 0 bridgehead atoms. The van der Waals surface area contributed by atoms with Crippen LogP contribution in [0.2, 0.25) is 0 Å². The Labute approximate surface area is 59.8 Å². The SMILES string of the molecule is CNn1c(=O)cnn(F)c1=O. The van der Waals surface area contributed by atoms with Gasteiger partial charge < -0.3 is 5.43 Å². The van der Waals surface area contributed by atoms with E-state index in [1.165, 1.54) is 7.05 Å². The molecule has 1 rings (SSSR count). The molecule has 1 aromatic heterocycles. The van der Waals surface area contributed by atoms with Crippen molar-refractivity contribution in [1.29, 1.82) is 0 Å². The van der Waals surface area contributed by atoms with Crippen molar-refractivity contribution in [1.82, 2.24) is 14.7 Å². The topological polar surface area (TPSA) is 68.9 Å². The van der Waals surface area contributed by atoms with E-state index in [4.69, 9.17) is 0 Å². The third-order valence-electron chi connectivity index (χ3n) is 1.06. The van der Waals surface area contributed by atoms with E-state index in [9.17, 15) is 14.1 Å². The zero-order valence-corrected chi connectivity index (χ0v) is 5.61. The molecule has 0 aromatic carbocycles. The summed E-state index contributed by atoms with van der Waals surface area (Å²) in [6.45, 7) is 0. The second kappa shape index (κ2) is 2.52. The highest BCUT2D eigenvalue weighted by atomic mass is 19.2. The lowest BCUT2D eigenvalue weighted by Crippen LogP contribution is -2.42. The van der Waals surface area contributed by atoms with E-state index in [1.54, 1.807) is 0 Å². The molecule has 0 atom stereocenters. The van der Waals surface area contributed by atoms with E-state index in [0.29, 0.717) is 10.9 Å². The van der Waals surface area contributed by atoms with E-state index in [-0.39, 0.29) is 0 Å². The van der Waals surface area contributed by atoms with Crippen LogP contribution >= 0.6 is 0 Å². The van der Waals surface area contributed by atoms with Crippen molar-refractivity contribution in [3.63, 3.8) is 0 Å². The Morgan fingerprint density at radius 1 is 1.64 bits per heavy atom. The van der Waals surface area contributed by atoms with Crippen LogP contribution in [0.25, 0.3) is 0 Å². The molecule has 0 radical (unpaired) electrons. The van der Waals surface area contributed by atoms with Crippen LogP contribution in [-0.4, -0.2) is 21.7 Å². The number of nitrogens with one attached hydrogen (secondary N) is 1. The van der Waals surface area contributed by atoms with Crippen LogP contribution in [0.5, 0.6) is 0 Å². The molecular formula is C4H5FN4O2. The Kier molecular flexibility index (Phi) is 1.71. The fourth-order valence-corrected chi connectivity index (χ4v) is 0.590. The van der Waals surface area contributed by atoms with Gasteiger partial charge in [0, 0.05) is 7.05 Å². The highest BCUT2D eigenvalue weighted by molar-refractivity contribution is 4.77. The van der Waals surface area contributed by atoms with Gasteiger partial charge in [-0.15, -0.1) is 5.10 Å². The van der Waals surface area contributed by atoms with Crippen molar-refractivity contribution in [2.75, 3.05) is 12.5 Å². The molecule has 0 aliphatic heterocycles. The maximum atomic E-state index is 12.2. The molecule has 7 heteroatoms. The lowest BCUT2D eigenvalue weighted by Gasteiger charge is -1.99. The average Bonchev–Trinajstić information content (AvgIpc) is 1.99. The Hall–Kier alpha value is -1.66. The van der Waals surface area contributed by atoms with Gasteiger partial charge in [0.15, 0.2) is 0 Å². The zero-order chi connectivity index (χ0) is 8.43. The summed E-state index contributed by atoms with van der Waals surface area (Å²) in [7, 11) is 1.32. The van der Waals surface area contributed by atoms with Crippen LogP contribution in [0.4, 0.5) is 4.48 Å². The number of nitrogens with zero attached hydrogens (tertiary/aromatic N) is 3. The van der Waals surface area contributed by atoms with E-state index in [1.807, 2.05) is 0 Å². The largest absolute Gasteiger partial charge is 0.395 e. The molecule has 0 aliphatic carbocycles. The summed E-state index contributed by atoms with van der Waals surface area (Å²) < 4.78 is 12.7. The summed E-state index contributed by atoms with van der Waals surface area (Å²) in [5.41, 5.74) is 0.340. The molecule has 0 spiro atoms. The second-order valence-electron chi connectivity index (χ2n) is 1.68. The highest BCUT2D eigenvalue weighted by Gasteiger charge is 2.01. The van der Waals surface area contributed by atoms with Crippen LogP contribution in [-0.2, 0) is 0 Å². The third kappa shape index (κ3) is 1.11. The minimum atomic E-state index is -1.15. The smallest absolute Gasteiger partial charge is 0.322 e. The van der Waals surface area contributed by atoms with Gasteiger partial charge in [-0.2, -0.15) is 4.68 Å². The first-order valence-electron chi connectivity index (χ1n) is 2.72. The molecule has 60 valence electrons. The fourth-order valence-electron chi connectivity index (χ4n) is 0.590. The first-order chi connectivity index (χ1) is 5.16. The van der Waals surface area contributed by atoms with Gasteiger partial charge in [0.1, 0.15) is 6.20 Å². The predicted octanol–water partition coefficient (Wildman–Crippen LogP) is -1.69. The molecule has 0 saturated carbocycles. The number of rotatable bonds is 1. The standard InChI is InChI=1S/C4H5FN4O2/c1-6-8-3(10)2-7-9(5)4(8)11/h2,6H,1H3. The molecule has 1 aromatic rings. The van der Waals surface area contributed by atoms with Crippen molar-refractivity contribution in [3.05, 3.63) is 27.0 Å². The summed E-state index contributed by atoms with van der Waals surface area (Å²) >= 11 is 0. The highest BCUT2D eigenvalue weighted by Crippen LogP contribution is 1.64. The third-order valence-corrected chi connectivity index (χ3v) is 1.06. The van der Waals surface area contributed by atoms with Crippen molar-refractivity contribution in [3.8, 4) is 0 Å². The number of hydrogen-bond acceptors (Lipinski definition) is 4. The van der Waals surface area contributed by atoms with Gasteiger partial charge >= 0.3 is 5.69 Å². The summed E-state index contributed by atoms with van der Waals surface area (Å²) in [5.74, 6) is 0. The van der Waals surface area contributed by atoms with E-state index in [2.05, 4.69) is 10.5 Å². The molecule has 0 unspecified atom stereocenters. The minimum Gasteiger partial charge on any atom is -0.322 e. The van der Waals surface area contributed by atoms with Crippen LogP contribution in [0.15, 0.2) is 15.8 Å². The number of aromatic nitrogens is 3. The molecule has 0 fully saturated rings. The molecule has 0 saturated heterocycles. The van der Waals surface area contributed by atoms with Crippen molar-refractivity contribution in [2.24, 2.45) is 0 Å². The van der Waals surface area contributed by atoms with Crippen LogP contribution in [0.1, 0.15) is 0 Å². The first kappa shape index (κ1) is 7.45. The molecule has 1 N–H and O–H groups in total. The quantitative estimate of drug-likeness (QED) is 0.532. The average molecular weight is 160 g/mol. The fraction of sp³-hybridized carbons (Fsp3) is 0.250. The molecule has 6 nitrogen and oxygen atoms in total. The predicted molar refractivity (Wildman–Crippen MR) is 34.5 cm³/mol. The number of hydrogen-bond donors (Lipinski definition) is 1. The monoisotopic (exact) mass is 160 g/mol. The molecule has 1 heterocycles. The summed E-state index contributed by atoms with van der Waals surface area (Å²) in [4.78, 5) is 20.9. The molecule has 0 aliphatic rings. The summed E-state index contributed by atoms with van der Waals surface area (Å²) in [5, 5.41) is 2.85. The summed E-state index contributed by atoms with van der Waals surface area (Å²) in [6, 6.07) is 0. The Morgan fingerprint density at radius 3 is 2.73 bits per heavy atom. The Morgan fingerprint density at radius 2 is 2.27 bits per heavy atom. The summed E-state index contributed by atoms with van der Waals surface area (Å²) in [6.07, 6.45) is 0.692. The Balaban J connectivity index is 3.55. The van der Waals surface area contributed by atoms with E-state index < -0.39 is 16.2 Å². The lowest BCUT2D eigenvalue weighted by molar-refractivity contribution is 0.276. The van der Waals surface area contributed by atoms with Crippen molar-refractivity contribution < 1.29 is 4.48 Å². The maximum absolute atomic E-state index is 12.2. The van der Waals surface area contributed by atoms with Gasteiger partial charge in [-0.05, 0) is 4.90 Å². The second-order valence-corrected chi connectivity index (χ2v) is 1.68. The Bertz CT molecular complexity index is 367. The molecular weight excluding hydrogens is 155 g/mol. The molecule has 11 heavy (non-hydrogen) atoms.